The Balaban J connectivity index is 1.77. The first-order valence-corrected chi connectivity index (χ1v) is 6.50. The second kappa shape index (κ2) is 5.28. The van der Waals surface area contributed by atoms with Gasteiger partial charge in [-0.05, 0) is 31.2 Å². The number of anilines is 1. The molecule has 1 amide bonds. The van der Waals surface area contributed by atoms with Crippen molar-refractivity contribution in [3.05, 3.63) is 41.9 Å². The Morgan fingerprint density at radius 3 is 2.65 bits per heavy atom. The molecule has 0 radical (unpaired) electrons. The number of ether oxygens (including phenoxy) is 2. The molecule has 2 aromatic rings. The Morgan fingerprint density at radius 1 is 1.10 bits per heavy atom. The molecule has 0 saturated heterocycles. The summed E-state index contributed by atoms with van der Waals surface area (Å²) >= 11 is 0. The molecule has 0 atom stereocenters. The van der Waals surface area contributed by atoms with Gasteiger partial charge < -0.3 is 19.2 Å². The predicted octanol–water partition coefficient (Wildman–Crippen LogP) is 3.00. The largest absolute Gasteiger partial charge is 0.490 e. The number of hydrogen-bond acceptors (Lipinski definition) is 4. The van der Waals surface area contributed by atoms with Gasteiger partial charge in [0.2, 0.25) is 0 Å². The Bertz CT molecular complexity index is 633. The highest BCUT2D eigenvalue weighted by atomic mass is 16.5. The standard InChI is InChI=1S/C15H15NO4/c1-10-3-5-13(20-10)15(17)16-11-4-6-12-14(9-11)19-8-2-7-18-12/h3-6,9H,2,7-8H2,1H3,(H,16,17). The minimum absolute atomic E-state index is 0.285. The van der Waals surface area contributed by atoms with Crippen molar-refractivity contribution >= 4 is 11.6 Å². The topological polar surface area (TPSA) is 60.7 Å². The summed E-state index contributed by atoms with van der Waals surface area (Å²) in [5.74, 6) is 2.06. The maximum atomic E-state index is 12.0. The van der Waals surface area contributed by atoms with E-state index in [0.29, 0.717) is 36.2 Å². The van der Waals surface area contributed by atoms with Crippen molar-refractivity contribution in [3.8, 4) is 11.5 Å². The summed E-state index contributed by atoms with van der Waals surface area (Å²) in [4.78, 5) is 12.0. The zero-order chi connectivity index (χ0) is 13.9. The van der Waals surface area contributed by atoms with Crippen LogP contribution in [0.1, 0.15) is 22.7 Å². The zero-order valence-corrected chi connectivity index (χ0v) is 11.1. The van der Waals surface area contributed by atoms with Crippen LogP contribution in [0.25, 0.3) is 0 Å². The number of amides is 1. The molecule has 1 aliphatic heterocycles. The van der Waals surface area contributed by atoms with Crippen molar-refractivity contribution in [2.45, 2.75) is 13.3 Å². The van der Waals surface area contributed by atoms with Crippen LogP contribution in [-0.4, -0.2) is 19.1 Å². The summed E-state index contributed by atoms with van der Waals surface area (Å²) in [6.07, 6.45) is 0.849. The van der Waals surface area contributed by atoms with Crippen molar-refractivity contribution < 1.29 is 18.7 Å². The third-order valence-electron chi connectivity index (χ3n) is 2.97. The van der Waals surface area contributed by atoms with E-state index in [-0.39, 0.29) is 11.7 Å². The van der Waals surface area contributed by atoms with Crippen molar-refractivity contribution in [2.75, 3.05) is 18.5 Å². The molecule has 0 aliphatic carbocycles. The van der Waals surface area contributed by atoms with Crippen LogP contribution >= 0.6 is 0 Å². The molecule has 1 aromatic heterocycles. The lowest BCUT2D eigenvalue weighted by molar-refractivity contribution is 0.0995. The number of carbonyl (C=O) groups excluding carboxylic acids is 1. The van der Waals surface area contributed by atoms with E-state index >= 15 is 0 Å². The Hall–Kier alpha value is -2.43. The van der Waals surface area contributed by atoms with Crippen LogP contribution < -0.4 is 14.8 Å². The Labute approximate surface area is 116 Å². The van der Waals surface area contributed by atoms with Crippen LogP contribution in [0.4, 0.5) is 5.69 Å². The van der Waals surface area contributed by atoms with Crippen LogP contribution in [-0.2, 0) is 0 Å². The summed E-state index contributed by atoms with van der Waals surface area (Å²) in [6, 6.07) is 8.73. The van der Waals surface area contributed by atoms with E-state index in [1.807, 2.05) is 0 Å². The molecule has 1 aliphatic rings. The lowest BCUT2D eigenvalue weighted by Crippen LogP contribution is -2.10. The molecule has 20 heavy (non-hydrogen) atoms. The van der Waals surface area contributed by atoms with E-state index in [1.54, 1.807) is 37.3 Å². The van der Waals surface area contributed by atoms with Gasteiger partial charge in [0.15, 0.2) is 17.3 Å². The average molecular weight is 273 g/mol. The number of nitrogens with one attached hydrogen (secondary N) is 1. The Morgan fingerprint density at radius 2 is 1.90 bits per heavy atom. The van der Waals surface area contributed by atoms with Gasteiger partial charge in [-0.3, -0.25) is 4.79 Å². The highest BCUT2D eigenvalue weighted by Gasteiger charge is 2.14. The number of fused-ring (bicyclic) bond motifs is 1. The third kappa shape index (κ3) is 2.61. The number of furan rings is 1. The van der Waals surface area contributed by atoms with Gasteiger partial charge in [0.1, 0.15) is 5.76 Å². The van der Waals surface area contributed by atoms with E-state index in [0.717, 1.165) is 6.42 Å². The van der Waals surface area contributed by atoms with Crippen molar-refractivity contribution in [3.63, 3.8) is 0 Å². The Kier molecular flexibility index (Phi) is 3.33. The molecule has 0 fully saturated rings. The maximum absolute atomic E-state index is 12.0. The van der Waals surface area contributed by atoms with Crippen LogP contribution in [0.2, 0.25) is 0 Å². The molecule has 5 nitrogen and oxygen atoms in total. The molecule has 0 saturated carbocycles. The van der Waals surface area contributed by atoms with Gasteiger partial charge in [0.25, 0.3) is 5.91 Å². The fraction of sp³-hybridized carbons (Fsp3) is 0.267. The van der Waals surface area contributed by atoms with E-state index in [9.17, 15) is 4.79 Å². The third-order valence-corrected chi connectivity index (χ3v) is 2.97. The minimum Gasteiger partial charge on any atom is -0.490 e. The van der Waals surface area contributed by atoms with Crippen LogP contribution in [0.3, 0.4) is 0 Å². The van der Waals surface area contributed by atoms with Crippen LogP contribution in [0.5, 0.6) is 11.5 Å². The molecule has 1 N–H and O–H groups in total. The second-order valence-corrected chi connectivity index (χ2v) is 4.58. The van der Waals surface area contributed by atoms with Gasteiger partial charge in [0, 0.05) is 18.2 Å². The quantitative estimate of drug-likeness (QED) is 0.913. The average Bonchev–Trinajstić information content (AvgIpc) is 2.74. The lowest BCUT2D eigenvalue weighted by atomic mass is 10.2. The van der Waals surface area contributed by atoms with Gasteiger partial charge in [-0.15, -0.1) is 0 Å². The van der Waals surface area contributed by atoms with Crippen LogP contribution in [0, 0.1) is 6.92 Å². The first-order valence-electron chi connectivity index (χ1n) is 6.50. The molecular formula is C15H15NO4. The molecule has 0 spiro atoms. The van der Waals surface area contributed by atoms with Gasteiger partial charge >= 0.3 is 0 Å². The molecular weight excluding hydrogens is 258 g/mol. The summed E-state index contributed by atoms with van der Waals surface area (Å²) in [6.45, 7) is 3.05. The maximum Gasteiger partial charge on any atom is 0.291 e. The first kappa shape index (κ1) is 12.6. The van der Waals surface area contributed by atoms with Gasteiger partial charge in [-0.2, -0.15) is 0 Å². The number of rotatable bonds is 2. The molecule has 5 heteroatoms. The second-order valence-electron chi connectivity index (χ2n) is 4.58. The number of hydrogen-bond donors (Lipinski definition) is 1. The minimum atomic E-state index is -0.285. The highest BCUT2D eigenvalue weighted by molar-refractivity contribution is 6.02. The molecule has 104 valence electrons. The normalized spacial score (nSPS) is 13.7. The van der Waals surface area contributed by atoms with E-state index in [2.05, 4.69) is 5.32 Å². The molecule has 2 heterocycles. The summed E-state index contributed by atoms with van der Waals surface area (Å²) in [5, 5.41) is 2.77. The predicted molar refractivity (Wildman–Crippen MR) is 73.4 cm³/mol. The summed E-state index contributed by atoms with van der Waals surface area (Å²) < 4.78 is 16.4. The van der Waals surface area contributed by atoms with Gasteiger partial charge in [-0.25, -0.2) is 0 Å². The smallest absolute Gasteiger partial charge is 0.291 e. The monoisotopic (exact) mass is 273 g/mol. The SMILES string of the molecule is Cc1ccc(C(=O)Nc2ccc3c(c2)OCCCO3)o1. The van der Waals surface area contributed by atoms with Crippen molar-refractivity contribution in [1.82, 2.24) is 0 Å². The van der Waals surface area contributed by atoms with Crippen molar-refractivity contribution in [1.29, 1.82) is 0 Å². The molecule has 3 rings (SSSR count). The van der Waals surface area contributed by atoms with Gasteiger partial charge in [0.05, 0.1) is 13.2 Å². The molecule has 0 unspecified atom stereocenters. The summed E-state index contributed by atoms with van der Waals surface area (Å²) in [5.41, 5.74) is 0.647. The van der Waals surface area contributed by atoms with Gasteiger partial charge in [-0.1, -0.05) is 0 Å². The molecule has 1 aromatic carbocycles. The summed E-state index contributed by atoms with van der Waals surface area (Å²) in [7, 11) is 0. The fourth-order valence-corrected chi connectivity index (χ4v) is 1.99. The fourth-order valence-electron chi connectivity index (χ4n) is 1.99. The van der Waals surface area contributed by atoms with E-state index in [1.165, 1.54) is 0 Å². The molecule has 0 bridgehead atoms. The van der Waals surface area contributed by atoms with Crippen molar-refractivity contribution in [2.24, 2.45) is 0 Å². The zero-order valence-electron chi connectivity index (χ0n) is 11.1. The highest BCUT2D eigenvalue weighted by Crippen LogP contribution is 2.32. The van der Waals surface area contributed by atoms with E-state index in [4.69, 9.17) is 13.9 Å². The van der Waals surface area contributed by atoms with Crippen LogP contribution in [0.15, 0.2) is 34.7 Å². The number of carbonyl (C=O) groups is 1. The number of aryl methyl sites for hydroxylation is 1. The number of benzene rings is 1. The van der Waals surface area contributed by atoms with E-state index < -0.39 is 0 Å². The first-order chi connectivity index (χ1) is 9.72. The lowest BCUT2D eigenvalue weighted by Gasteiger charge is -2.09.